The minimum absolute atomic E-state index is 0.00336. The van der Waals surface area contributed by atoms with E-state index in [4.69, 9.17) is 0 Å². The van der Waals surface area contributed by atoms with Crippen molar-refractivity contribution >= 4 is 5.91 Å². The number of carbonyl (C=O) groups excluding carboxylic acids is 1. The van der Waals surface area contributed by atoms with Gasteiger partial charge in [-0.05, 0) is 24.6 Å². The van der Waals surface area contributed by atoms with Crippen LogP contribution < -0.4 is 15.4 Å². The molecule has 4 nitrogen and oxygen atoms in total. The molecule has 20 heavy (non-hydrogen) atoms. The van der Waals surface area contributed by atoms with Crippen LogP contribution in [0, 0.1) is 0 Å². The summed E-state index contributed by atoms with van der Waals surface area (Å²) in [6.45, 7) is 2.46. The maximum absolute atomic E-state index is 12.0. The lowest BCUT2D eigenvalue weighted by Gasteiger charge is -2.19. The van der Waals surface area contributed by atoms with Gasteiger partial charge in [-0.1, -0.05) is 12.1 Å². The molecule has 0 radical (unpaired) electrons. The summed E-state index contributed by atoms with van der Waals surface area (Å²) in [7, 11) is 0. The number of halogens is 3. The van der Waals surface area contributed by atoms with Crippen LogP contribution in [0.2, 0.25) is 0 Å². The Morgan fingerprint density at radius 3 is 2.50 bits per heavy atom. The normalized spacial score (nSPS) is 20.6. The Morgan fingerprint density at radius 1 is 1.35 bits per heavy atom. The Morgan fingerprint density at radius 2 is 2.00 bits per heavy atom. The lowest BCUT2D eigenvalue weighted by atomic mass is 10.1. The Labute approximate surface area is 114 Å². The molecular weight excluding hydrogens is 273 g/mol. The van der Waals surface area contributed by atoms with Gasteiger partial charge in [-0.3, -0.25) is 4.79 Å². The molecule has 2 N–H and O–H groups in total. The zero-order valence-electron chi connectivity index (χ0n) is 10.8. The topological polar surface area (TPSA) is 50.4 Å². The van der Waals surface area contributed by atoms with E-state index in [-0.39, 0.29) is 23.7 Å². The van der Waals surface area contributed by atoms with Gasteiger partial charge < -0.3 is 15.4 Å². The molecule has 0 spiro atoms. The second kappa shape index (κ2) is 5.70. The van der Waals surface area contributed by atoms with Gasteiger partial charge in [-0.25, -0.2) is 0 Å². The number of hydrogen-bond acceptors (Lipinski definition) is 3. The van der Waals surface area contributed by atoms with Gasteiger partial charge in [0.15, 0.2) is 0 Å². The van der Waals surface area contributed by atoms with Crippen LogP contribution in [-0.2, 0) is 4.79 Å². The van der Waals surface area contributed by atoms with E-state index < -0.39 is 6.36 Å². The number of ether oxygens (including phenoxy) is 1. The third-order valence-electron chi connectivity index (χ3n) is 3.08. The molecule has 2 unspecified atom stereocenters. The van der Waals surface area contributed by atoms with Crippen LogP contribution in [0.4, 0.5) is 13.2 Å². The van der Waals surface area contributed by atoms with E-state index in [9.17, 15) is 18.0 Å². The summed E-state index contributed by atoms with van der Waals surface area (Å²) in [6.07, 6.45) is -4.26. The Balaban J connectivity index is 1.93. The number of benzene rings is 1. The second-order valence-electron chi connectivity index (χ2n) is 4.71. The first-order valence-electron chi connectivity index (χ1n) is 6.22. The molecule has 2 rings (SSSR count). The van der Waals surface area contributed by atoms with Crippen molar-refractivity contribution in [2.45, 2.75) is 31.8 Å². The number of alkyl halides is 3. The van der Waals surface area contributed by atoms with Crippen LogP contribution in [-0.4, -0.2) is 24.9 Å². The molecule has 1 aliphatic rings. The number of hydrogen-bond donors (Lipinski definition) is 2. The van der Waals surface area contributed by atoms with Crippen molar-refractivity contribution in [2.24, 2.45) is 0 Å². The summed E-state index contributed by atoms with van der Waals surface area (Å²) in [5.41, 5.74) is 0.832. The molecule has 110 valence electrons. The van der Waals surface area contributed by atoms with Crippen molar-refractivity contribution in [3.05, 3.63) is 29.8 Å². The minimum atomic E-state index is -4.68. The highest BCUT2D eigenvalue weighted by Gasteiger charge is 2.31. The molecule has 1 aliphatic heterocycles. The first-order chi connectivity index (χ1) is 9.33. The molecule has 1 saturated heterocycles. The molecule has 1 heterocycles. The first kappa shape index (κ1) is 14.6. The summed E-state index contributed by atoms with van der Waals surface area (Å²) in [5, 5.41) is 5.96. The summed E-state index contributed by atoms with van der Waals surface area (Å²) in [5.74, 6) is -0.241. The highest BCUT2D eigenvalue weighted by atomic mass is 19.4. The lowest BCUT2D eigenvalue weighted by molar-refractivity contribution is -0.274. The highest BCUT2D eigenvalue weighted by Crippen LogP contribution is 2.24. The van der Waals surface area contributed by atoms with Crippen LogP contribution in [0.15, 0.2) is 24.3 Å². The largest absolute Gasteiger partial charge is 0.573 e. The monoisotopic (exact) mass is 288 g/mol. The lowest BCUT2D eigenvalue weighted by Crippen LogP contribution is -2.33. The average molecular weight is 288 g/mol. The zero-order chi connectivity index (χ0) is 14.8. The molecule has 0 aliphatic carbocycles. The molecule has 1 aromatic carbocycles. The fraction of sp³-hybridized carbons (Fsp3) is 0.462. The van der Waals surface area contributed by atoms with Crippen LogP contribution in [0.5, 0.6) is 5.75 Å². The SMILES string of the molecule is CC(NC1CNC(=O)C1)c1ccc(OC(F)(F)F)cc1. The van der Waals surface area contributed by atoms with Crippen molar-refractivity contribution in [1.82, 2.24) is 10.6 Å². The molecule has 0 bridgehead atoms. The van der Waals surface area contributed by atoms with E-state index in [0.717, 1.165) is 5.56 Å². The molecule has 2 atom stereocenters. The molecular formula is C13H15F3N2O2. The predicted octanol–water partition coefficient (Wildman–Crippen LogP) is 2.12. The second-order valence-corrected chi connectivity index (χ2v) is 4.71. The van der Waals surface area contributed by atoms with Gasteiger partial charge in [0.25, 0.3) is 0 Å². The summed E-state index contributed by atoms with van der Waals surface area (Å²) in [6, 6.07) is 5.68. The fourth-order valence-electron chi connectivity index (χ4n) is 2.13. The number of rotatable bonds is 4. The van der Waals surface area contributed by atoms with E-state index in [1.54, 1.807) is 12.1 Å². The van der Waals surface area contributed by atoms with Crippen LogP contribution in [0.25, 0.3) is 0 Å². The molecule has 0 aromatic heterocycles. The van der Waals surface area contributed by atoms with Gasteiger partial charge >= 0.3 is 6.36 Å². The number of nitrogens with one attached hydrogen (secondary N) is 2. The van der Waals surface area contributed by atoms with Crippen molar-refractivity contribution in [2.75, 3.05) is 6.54 Å². The van der Waals surface area contributed by atoms with Gasteiger partial charge in [-0.2, -0.15) is 0 Å². The third kappa shape index (κ3) is 4.12. The van der Waals surface area contributed by atoms with E-state index in [1.807, 2.05) is 6.92 Å². The molecule has 1 amide bonds. The minimum Gasteiger partial charge on any atom is -0.406 e. The first-order valence-corrected chi connectivity index (χ1v) is 6.22. The average Bonchev–Trinajstić information content (AvgIpc) is 2.73. The van der Waals surface area contributed by atoms with Gasteiger partial charge in [-0.15, -0.1) is 13.2 Å². The van der Waals surface area contributed by atoms with Crippen LogP contribution >= 0.6 is 0 Å². The molecule has 1 aromatic rings. The summed E-state index contributed by atoms with van der Waals surface area (Å²) >= 11 is 0. The van der Waals surface area contributed by atoms with Crippen molar-refractivity contribution in [3.8, 4) is 5.75 Å². The Kier molecular flexibility index (Phi) is 4.17. The van der Waals surface area contributed by atoms with E-state index in [2.05, 4.69) is 15.4 Å². The van der Waals surface area contributed by atoms with Crippen molar-refractivity contribution in [3.63, 3.8) is 0 Å². The van der Waals surface area contributed by atoms with Crippen LogP contribution in [0.1, 0.15) is 24.9 Å². The molecule has 0 saturated carbocycles. The van der Waals surface area contributed by atoms with Gasteiger partial charge in [0.1, 0.15) is 5.75 Å². The highest BCUT2D eigenvalue weighted by molar-refractivity contribution is 5.78. The van der Waals surface area contributed by atoms with Crippen molar-refractivity contribution in [1.29, 1.82) is 0 Å². The van der Waals surface area contributed by atoms with E-state index >= 15 is 0 Å². The van der Waals surface area contributed by atoms with E-state index in [1.165, 1.54) is 12.1 Å². The quantitative estimate of drug-likeness (QED) is 0.892. The smallest absolute Gasteiger partial charge is 0.406 e. The number of carbonyl (C=O) groups is 1. The standard InChI is InChI=1S/C13H15F3N2O2/c1-8(18-10-6-12(19)17-7-10)9-2-4-11(5-3-9)20-13(14,15)16/h2-5,8,10,18H,6-7H2,1H3,(H,17,19). The third-order valence-corrected chi connectivity index (χ3v) is 3.08. The molecule has 1 fully saturated rings. The van der Waals surface area contributed by atoms with Crippen LogP contribution in [0.3, 0.4) is 0 Å². The Hall–Kier alpha value is -1.76. The maximum Gasteiger partial charge on any atom is 0.573 e. The van der Waals surface area contributed by atoms with E-state index in [0.29, 0.717) is 13.0 Å². The summed E-state index contributed by atoms with van der Waals surface area (Å²) < 4.78 is 39.9. The molecule has 7 heteroatoms. The number of amides is 1. The van der Waals surface area contributed by atoms with Gasteiger partial charge in [0.05, 0.1) is 0 Å². The summed E-state index contributed by atoms with van der Waals surface area (Å²) in [4.78, 5) is 11.1. The Bertz CT molecular complexity index is 473. The fourth-order valence-corrected chi connectivity index (χ4v) is 2.13. The van der Waals surface area contributed by atoms with Gasteiger partial charge in [0, 0.05) is 25.0 Å². The van der Waals surface area contributed by atoms with Crippen molar-refractivity contribution < 1.29 is 22.7 Å². The maximum atomic E-state index is 12.0. The zero-order valence-corrected chi connectivity index (χ0v) is 10.8. The van der Waals surface area contributed by atoms with Gasteiger partial charge in [0.2, 0.25) is 5.91 Å². The predicted molar refractivity (Wildman–Crippen MR) is 66.1 cm³/mol.